The fourth-order valence-corrected chi connectivity index (χ4v) is 2.75. The second-order valence-corrected chi connectivity index (χ2v) is 6.35. The molecule has 0 fully saturated rings. The first-order valence-corrected chi connectivity index (χ1v) is 8.88. The molecule has 2 aromatic carbocycles. The van der Waals surface area contributed by atoms with E-state index in [2.05, 4.69) is 15.5 Å². The van der Waals surface area contributed by atoms with Gasteiger partial charge in [0, 0.05) is 11.2 Å². The van der Waals surface area contributed by atoms with Crippen molar-refractivity contribution in [1.29, 1.82) is 0 Å². The number of carbonyl (C=O) groups is 1. The summed E-state index contributed by atoms with van der Waals surface area (Å²) in [6.07, 6.45) is 3.26. The molecule has 0 aliphatic heterocycles. The van der Waals surface area contributed by atoms with E-state index in [0.717, 1.165) is 5.56 Å². The van der Waals surface area contributed by atoms with Crippen molar-refractivity contribution < 1.29 is 14.3 Å². The van der Waals surface area contributed by atoms with Crippen LogP contribution in [0.25, 0.3) is 0 Å². The van der Waals surface area contributed by atoms with Crippen molar-refractivity contribution in [2.45, 2.75) is 0 Å². The van der Waals surface area contributed by atoms with Crippen LogP contribution in [0.2, 0.25) is 10.0 Å². The van der Waals surface area contributed by atoms with Gasteiger partial charge in [0.1, 0.15) is 5.82 Å². The van der Waals surface area contributed by atoms with E-state index in [1.54, 1.807) is 42.7 Å². The molecular formula is C20H15Cl2N3O3. The van der Waals surface area contributed by atoms with E-state index in [-0.39, 0.29) is 16.3 Å². The zero-order chi connectivity index (χ0) is 19.9. The highest BCUT2D eigenvalue weighted by Crippen LogP contribution is 2.30. The lowest BCUT2D eigenvalue weighted by Gasteiger charge is -2.10. The van der Waals surface area contributed by atoms with Gasteiger partial charge < -0.3 is 9.47 Å². The van der Waals surface area contributed by atoms with Gasteiger partial charge in [-0.2, -0.15) is 5.10 Å². The number of esters is 1. The Morgan fingerprint density at radius 3 is 2.68 bits per heavy atom. The summed E-state index contributed by atoms with van der Waals surface area (Å²) in [4.78, 5) is 16.5. The molecule has 1 N–H and O–H groups in total. The standard InChI is InChI=1S/C20H15Cl2N3O3/c1-27-18-10-13(12-24-25-19-4-2-3-9-23-19)5-8-17(18)28-20(26)15-7-6-14(21)11-16(15)22/h2-12H,1H3,(H,23,25). The zero-order valence-corrected chi connectivity index (χ0v) is 16.2. The van der Waals surface area contributed by atoms with Crippen LogP contribution in [-0.2, 0) is 0 Å². The summed E-state index contributed by atoms with van der Waals surface area (Å²) in [6, 6.07) is 15.0. The average Bonchev–Trinajstić information content (AvgIpc) is 2.69. The molecule has 0 radical (unpaired) electrons. The summed E-state index contributed by atoms with van der Waals surface area (Å²) in [7, 11) is 1.48. The SMILES string of the molecule is COc1cc(C=NNc2ccccn2)ccc1OC(=O)c1ccc(Cl)cc1Cl. The van der Waals surface area contributed by atoms with Gasteiger partial charge in [0.15, 0.2) is 11.5 Å². The Hall–Kier alpha value is -3.09. The number of anilines is 1. The minimum absolute atomic E-state index is 0.207. The first-order chi connectivity index (χ1) is 13.6. The predicted molar refractivity (Wildman–Crippen MR) is 110 cm³/mol. The van der Waals surface area contributed by atoms with Crippen LogP contribution in [0.4, 0.5) is 5.82 Å². The van der Waals surface area contributed by atoms with E-state index in [0.29, 0.717) is 16.6 Å². The Morgan fingerprint density at radius 1 is 1.11 bits per heavy atom. The Bertz CT molecular complexity index is 1010. The highest BCUT2D eigenvalue weighted by Gasteiger charge is 2.16. The highest BCUT2D eigenvalue weighted by atomic mass is 35.5. The van der Waals surface area contributed by atoms with Crippen LogP contribution in [0.5, 0.6) is 11.5 Å². The number of pyridine rings is 1. The van der Waals surface area contributed by atoms with Crippen LogP contribution >= 0.6 is 23.2 Å². The number of nitrogens with zero attached hydrogens (tertiary/aromatic N) is 2. The molecule has 0 aliphatic rings. The molecule has 0 aliphatic carbocycles. The highest BCUT2D eigenvalue weighted by molar-refractivity contribution is 6.36. The number of rotatable bonds is 6. The van der Waals surface area contributed by atoms with Crippen molar-refractivity contribution in [2.24, 2.45) is 5.10 Å². The maximum absolute atomic E-state index is 12.4. The van der Waals surface area contributed by atoms with Crippen molar-refractivity contribution >= 4 is 41.2 Å². The minimum atomic E-state index is -0.613. The predicted octanol–water partition coefficient (Wildman–Crippen LogP) is 5.06. The summed E-state index contributed by atoms with van der Waals surface area (Å²) < 4.78 is 10.7. The van der Waals surface area contributed by atoms with Gasteiger partial charge in [-0.3, -0.25) is 5.43 Å². The maximum Gasteiger partial charge on any atom is 0.345 e. The Kier molecular flexibility index (Phi) is 6.47. The van der Waals surface area contributed by atoms with Gasteiger partial charge in [-0.05, 0) is 54.1 Å². The molecule has 0 bridgehead atoms. The van der Waals surface area contributed by atoms with E-state index in [9.17, 15) is 4.79 Å². The molecule has 3 aromatic rings. The van der Waals surface area contributed by atoms with Crippen LogP contribution in [0.1, 0.15) is 15.9 Å². The smallest absolute Gasteiger partial charge is 0.345 e. The molecule has 0 atom stereocenters. The van der Waals surface area contributed by atoms with Crippen LogP contribution < -0.4 is 14.9 Å². The molecule has 28 heavy (non-hydrogen) atoms. The number of nitrogens with one attached hydrogen (secondary N) is 1. The molecule has 0 amide bonds. The molecule has 3 rings (SSSR count). The van der Waals surface area contributed by atoms with Gasteiger partial charge in [0.25, 0.3) is 0 Å². The lowest BCUT2D eigenvalue weighted by Crippen LogP contribution is -2.10. The topological polar surface area (TPSA) is 72.8 Å². The summed E-state index contributed by atoms with van der Waals surface area (Å²) in [5.74, 6) is 0.642. The molecule has 1 heterocycles. The molecule has 1 aromatic heterocycles. The number of benzene rings is 2. The minimum Gasteiger partial charge on any atom is -0.493 e. The fraction of sp³-hybridized carbons (Fsp3) is 0.0500. The maximum atomic E-state index is 12.4. The first-order valence-electron chi connectivity index (χ1n) is 8.12. The average molecular weight is 416 g/mol. The molecular weight excluding hydrogens is 401 g/mol. The number of hydrogen-bond donors (Lipinski definition) is 1. The summed E-state index contributed by atoms with van der Waals surface area (Å²) in [5, 5.41) is 4.76. The number of halogens is 2. The largest absolute Gasteiger partial charge is 0.493 e. The summed E-state index contributed by atoms with van der Waals surface area (Å²) in [5.41, 5.74) is 3.76. The fourth-order valence-electron chi connectivity index (χ4n) is 2.26. The van der Waals surface area contributed by atoms with Gasteiger partial charge in [-0.1, -0.05) is 29.3 Å². The molecule has 0 unspecified atom stereocenters. The van der Waals surface area contributed by atoms with Gasteiger partial charge in [-0.25, -0.2) is 9.78 Å². The van der Waals surface area contributed by atoms with E-state index in [1.807, 2.05) is 12.1 Å². The van der Waals surface area contributed by atoms with Crippen molar-refractivity contribution in [1.82, 2.24) is 4.98 Å². The lowest BCUT2D eigenvalue weighted by molar-refractivity contribution is 0.0730. The van der Waals surface area contributed by atoms with Crippen LogP contribution in [-0.4, -0.2) is 24.3 Å². The van der Waals surface area contributed by atoms with Crippen molar-refractivity contribution in [3.05, 3.63) is 82.0 Å². The van der Waals surface area contributed by atoms with Crippen LogP contribution in [0, 0.1) is 0 Å². The van der Waals surface area contributed by atoms with Gasteiger partial charge in [0.2, 0.25) is 0 Å². The monoisotopic (exact) mass is 415 g/mol. The van der Waals surface area contributed by atoms with Crippen LogP contribution in [0.3, 0.4) is 0 Å². The number of carbonyl (C=O) groups excluding carboxylic acids is 1. The number of ether oxygens (including phenoxy) is 2. The molecule has 0 saturated carbocycles. The second kappa shape index (κ2) is 9.21. The third-order valence-corrected chi connectivity index (χ3v) is 4.15. The van der Waals surface area contributed by atoms with Gasteiger partial charge in [-0.15, -0.1) is 0 Å². The van der Waals surface area contributed by atoms with Crippen molar-refractivity contribution in [3.63, 3.8) is 0 Å². The summed E-state index contributed by atoms with van der Waals surface area (Å²) in [6.45, 7) is 0. The van der Waals surface area contributed by atoms with Crippen LogP contribution in [0.15, 0.2) is 65.9 Å². The Balaban J connectivity index is 1.73. The van der Waals surface area contributed by atoms with E-state index >= 15 is 0 Å². The van der Waals surface area contributed by atoms with Crippen molar-refractivity contribution in [3.8, 4) is 11.5 Å². The summed E-state index contributed by atoms with van der Waals surface area (Å²) >= 11 is 11.9. The number of methoxy groups -OCH3 is 1. The first kappa shape index (κ1) is 19.7. The quantitative estimate of drug-likeness (QED) is 0.263. The molecule has 0 saturated heterocycles. The third kappa shape index (κ3) is 5.00. The Morgan fingerprint density at radius 2 is 1.96 bits per heavy atom. The van der Waals surface area contributed by atoms with Gasteiger partial charge >= 0.3 is 5.97 Å². The van der Waals surface area contributed by atoms with E-state index < -0.39 is 5.97 Å². The molecule has 6 nitrogen and oxygen atoms in total. The molecule has 142 valence electrons. The number of hydrogen-bond acceptors (Lipinski definition) is 6. The molecule has 8 heteroatoms. The normalized spacial score (nSPS) is 10.7. The second-order valence-electron chi connectivity index (χ2n) is 5.51. The number of aromatic nitrogens is 1. The lowest BCUT2D eigenvalue weighted by atomic mass is 10.2. The van der Waals surface area contributed by atoms with Gasteiger partial charge in [0.05, 0.1) is 23.9 Å². The Labute approximate surface area is 171 Å². The number of hydrazone groups is 1. The van der Waals surface area contributed by atoms with E-state index in [1.165, 1.54) is 19.2 Å². The van der Waals surface area contributed by atoms with E-state index in [4.69, 9.17) is 32.7 Å². The third-order valence-electron chi connectivity index (χ3n) is 3.60. The molecule has 0 spiro atoms. The van der Waals surface area contributed by atoms with Crippen molar-refractivity contribution in [2.75, 3.05) is 12.5 Å². The zero-order valence-electron chi connectivity index (χ0n) is 14.7.